The molecule has 6 heteroatoms. The molecule has 0 aliphatic carbocycles. The summed E-state index contributed by atoms with van der Waals surface area (Å²) < 4.78 is 22.4. The molecule has 4 rings (SSSR count). The first-order valence-corrected chi connectivity index (χ1v) is 8.47. The smallest absolute Gasteiger partial charge is 0.338 e. The Morgan fingerprint density at radius 3 is 1.46 bits per heavy atom. The van der Waals surface area contributed by atoms with Crippen molar-refractivity contribution in [2.45, 2.75) is 24.4 Å². The van der Waals surface area contributed by atoms with Crippen LogP contribution in [0.3, 0.4) is 0 Å². The SMILES string of the molecule is O=C(O[C@H]1CO[C@H]2[C@@H]1OC[C@H]2OC(=O)c1ccccc1)c1ccccc1. The number of hydrogen-bond acceptors (Lipinski definition) is 6. The van der Waals surface area contributed by atoms with E-state index in [0.29, 0.717) is 11.1 Å². The highest BCUT2D eigenvalue weighted by Crippen LogP contribution is 2.31. The standard InChI is InChI=1S/C20H18O6/c21-19(13-7-3-1-4-8-13)25-15-11-23-18-16(12-24-17(15)18)26-20(22)14-9-5-2-6-10-14/h1-10,15-18H,11-12H2/t15-,16+,17-,18-/m1/s1. The van der Waals surface area contributed by atoms with Crippen LogP contribution in [0.4, 0.5) is 0 Å². The predicted molar refractivity (Wildman–Crippen MR) is 90.8 cm³/mol. The van der Waals surface area contributed by atoms with E-state index in [-0.39, 0.29) is 13.2 Å². The van der Waals surface area contributed by atoms with Gasteiger partial charge in [0.2, 0.25) is 0 Å². The van der Waals surface area contributed by atoms with Crippen LogP contribution in [-0.2, 0) is 18.9 Å². The van der Waals surface area contributed by atoms with Gasteiger partial charge in [0.15, 0.2) is 12.2 Å². The lowest BCUT2D eigenvalue weighted by Crippen LogP contribution is -2.36. The van der Waals surface area contributed by atoms with Crippen molar-refractivity contribution in [3.63, 3.8) is 0 Å². The molecule has 2 aromatic rings. The third-order valence-corrected chi connectivity index (χ3v) is 4.50. The Bertz CT molecular complexity index is 708. The lowest BCUT2D eigenvalue weighted by molar-refractivity contribution is -0.0287. The van der Waals surface area contributed by atoms with Gasteiger partial charge < -0.3 is 18.9 Å². The van der Waals surface area contributed by atoms with E-state index in [0.717, 1.165) is 0 Å². The average molecular weight is 354 g/mol. The topological polar surface area (TPSA) is 71.1 Å². The third kappa shape index (κ3) is 3.34. The van der Waals surface area contributed by atoms with Crippen molar-refractivity contribution in [3.05, 3.63) is 71.8 Å². The molecule has 2 heterocycles. The molecule has 0 bridgehead atoms. The van der Waals surface area contributed by atoms with Crippen molar-refractivity contribution in [2.24, 2.45) is 0 Å². The lowest BCUT2D eigenvalue weighted by atomic mass is 10.1. The second-order valence-corrected chi connectivity index (χ2v) is 6.22. The molecule has 0 radical (unpaired) electrons. The van der Waals surface area contributed by atoms with Crippen LogP contribution in [0, 0.1) is 0 Å². The van der Waals surface area contributed by atoms with E-state index >= 15 is 0 Å². The molecule has 2 aliphatic rings. The van der Waals surface area contributed by atoms with E-state index in [1.807, 2.05) is 12.1 Å². The Kier molecular flexibility index (Phi) is 4.69. The van der Waals surface area contributed by atoms with Crippen molar-refractivity contribution >= 4 is 11.9 Å². The molecule has 6 nitrogen and oxygen atoms in total. The van der Waals surface area contributed by atoms with E-state index in [1.165, 1.54) is 0 Å². The Hall–Kier alpha value is -2.70. The quantitative estimate of drug-likeness (QED) is 0.784. The second kappa shape index (κ2) is 7.27. The van der Waals surface area contributed by atoms with Crippen molar-refractivity contribution in [2.75, 3.05) is 13.2 Å². The molecule has 0 amide bonds. The van der Waals surface area contributed by atoms with Gasteiger partial charge in [-0.05, 0) is 24.3 Å². The van der Waals surface area contributed by atoms with Gasteiger partial charge in [0, 0.05) is 0 Å². The molecule has 4 atom stereocenters. The first-order valence-electron chi connectivity index (χ1n) is 8.47. The molecular formula is C20H18O6. The summed E-state index contributed by atoms with van der Waals surface area (Å²) in [6, 6.07) is 17.5. The number of ether oxygens (including phenoxy) is 4. The fraction of sp³-hybridized carbons (Fsp3) is 0.300. The molecule has 2 aromatic carbocycles. The van der Waals surface area contributed by atoms with E-state index < -0.39 is 36.4 Å². The average Bonchev–Trinajstić information content (AvgIpc) is 3.27. The Morgan fingerprint density at radius 2 is 1.08 bits per heavy atom. The van der Waals surface area contributed by atoms with Gasteiger partial charge in [-0.25, -0.2) is 9.59 Å². The van der Waals surface area contributed by atoms with Crippen LogP contribution in [0.1, 0.15) is 20.7 Å². The molecule has 2 fully saturated rings. The lowest BCUT2D eigenvalue weighted by Gasteiger charge is -2.17. The zero-order chi connectivity index (χ0) is 17.9. The highest BCUT2D eigenvalue weighted by Gasteiger charge is 2.51. The normalized spacial score (nSPS) is 26.9. The van der Waals surface area contributed by atoms with Crippen molar-refractivity contribution in [3.8, 4) is 0 Å². The summed E-state index contributed by atoms with van der Waals surface area (Å²) >= 11 is 0. The van der Waals surface area contributed by atoms with Gasteiger partial charge in [-0.3, -0.25) is 0 Å². The number of carbonyl (C=O) groups is 2. The molecule has 134 valence electrons. The van der Waals surface area contributed by atoms with E-state index in [1.54, 1.807) is 48.5 Å². The maximum absolute atomic E-state index is 12.2. The number of rotatable bonds is 4. The fourth-order valence-electron chi connectivity index (χ4n) is 3.19. The summed E-state index contributed by atoms with van der Waals surface area (Å²) in [5.74, 6) is -0.846. The maximum Gasteiger partial charge on any atom is 0.338 e. The summed E-state index contributed by atoms with van der Waals surface area (Å²) in [4.78, 5) is 24.4. The summed E-state index contributed by atoms with van der Waals surface area (Å²) in [6.07, 6.45) is -1.91. The summed E-state index contributed by atoms with van der Waals surface area (Å²) in [5.41, 5.74) is 0.946. The van der Waals surface area contributed by atoms with Crippen molar-refractivity contribution in [1.29, 1.82) is 0 Å². The van der Waals surface area contributed by atoms with Crippen LogP contribution in [0.25, 0.3) is 0 Å². The number of carbonyl (C=O) groups excluding carboxylic acids is 2. The number of fused-ring (bicyclic) bond motifs is 1. The van der Waals surface area contributed by atoms with E-state index in [2.05, 4.69) is 0 Å². The predicted octanol–water partition coefficient (Wildman–Crippen LogP) is 2.24. The largest absolute Gasteiger partial charge is 0.453 e. The molecule has 0 N–H and O–H groups in total. The van der Waals surface area contributed by atoms with Crippen molar-refractivity contribution < 1.29 is 28.5 Å². The van der Waals surface area contributed by atoms with Gasteiger partial charge in [-0.1, -0.05) is 36.4 Å². The van der Waals surface area contributed by atoms with Crippen LogP contribution >= 0.6 is 0 Å². The first kappa shape index (κ1) is 16.8. The molecule has 0 spiro atoms. The highest BCUT2D eigenvalue weighted by atomic mass is 16.7. The zero-order valence-electron chi connectivity index (χ0n) is 13.9. The van der Waals surface area contributed by atoms with Crippen LogP contribution in [0.15, 0.2) is 60.7 Å². The Balaban J connectivity index is 1.37. The number of esters is 2. The highest BCUT2D eigenvalue weighted by molar-refractivity contribution is 5.90. The summed E-state index contributed by atoms with van der Waals surface area (Å²) in [6.45, 7) is 0.431. The number of hydrogen-bond donors (Lipinski definition) is 0. The van der Waals surface area contributed by atoms with Gasteiger partial charge in [-0.2, -0.15) is 0 Å². The molecule has 26 heavy (non-hydrogen) atoms. The minimum Gasteiger partial charge on any atom is -0.453 e. The van der Waals surface area contributed by atoms with Gasteiger partial charge >= 0.3 is 11.9 Å². The molecule has 0 unspecified atom stereocenters. The minimum atomic E-state index is -0.520. The zero-order valence-corrected chi connectivity index (χ0v) is 13.9. The van der Waals surface area contributed by atoms with Crippen LogP contribution < -0.4 is 0 Å². The van der Waals surface area contributed by atoms with E-state index in [4.69, 9.17) is 18.9 Å². The van der Waals surface area contributed by atoms with Crippen molar-refractivity contribution in [1.82, 2.24) is 0 Å². The molecule has 0 aromatic heterocycles. The van der Waals surface area contributed by atoms with Gasteiger partial charge in [-0.15, -0.1) is 0 Å². The Labute approximate surface area is 150 Å². The third-order valence-electron chi connectivity index (χ3n) is 4.50. The summed E-state index contributed by atoms with van der Waals surface area (Å²) in [5, 5.41) is 0. The molecule has 2 aliphatic heterocycles. The molecule has 0 saturated carbocycles. The minimum absolute atomic E-state index is 0.216. The second-order valence-electron chi connectivity index (χ2n) is 6.22. The van der Waals surface area contributed by atoms with Crippen LogP contribution in [0.5, 0.6) is 0 Å². The van der Waals surface area contributed by atoms with Gasteiger partial charge in [0.1, 0.15) is 12.2 Å². The van der Waals surface area contributed by atoms with E-state index in [9.17, 15) is 9.59 Å². The van der Waals surface area contributed by atoms with Crippen LogP contribution in [-0.4, -0.2) is 49.6 Å². The fourth-order valence-corrected chi connectivity index (χ4v) is 3.19. The first-order chi connectivity index (χ1) is 12.7. The van der Waals surface area contributed by atoms with Gasteiger partial charge in [0.05, 0.1) is 24.3 Å². The maximum atomic E-state index is 12.2. The van der Waals surface area contributed by atoms with Gasteiger partial charge in [0.25, 0.3) is 0 Å². The summed E-state index contributed by atoms with van der Waals surface area (Å²) in [7, 11) is 0. The molecular weight excluding hydrogens is 336 g/mol. The Morgan fingerprint density at radius 1 is 0.692 bits per heavy atom. The monoisotopic (exact) mass is 354 g/mol. The number of benzene rings is 2. The molecule has 2 saturated heterocycles. The van der Waals surface area contributed by atoms with Crippen LogP contribution in [0.2, 0.25) is 0 Å².